The predicted octanol–water partition coefficient (Wildman–Crippen LogP) is 4.77. The smallest absolute Gasteiger partial charge is 0.255 e. The summed E-state index contributed by atoms with van der Waals surface area (Å²) in [5, 5.41) is 2.79. The SMILES string of the molecule is O=C1CN(C(=O)c2ccc(Br)cc2)[C@@H](c2ccccc2)c2cc(F)ccc2N1. The van der Waals surface area contributed by atoms with Gasteiger partial charge in [0.25, 0.3) is 5.91 Å². The number of rotatable bonds is 2. The van der Waals surface area contributed by atoms with Crippen LogP contribution in [0.4, 0.5) is 10.1 Å². The van der Waals surface area contributed by atoms with Crippen LogP contribution in [0.15, 0.2) is 77.3 Å². The van der Waals surface area contributed by atoms with E-state index in [1.807, 2.05) is 30.3 Å². The highest BCUT2D eigenvalue weighted by molar-refractivity contribution is 9.10. The standard InChI is InChI=1S/C22H16BrFN2O2/c23-16-8-6-15(7-9-16)22(28)26-13-20(27)25-19-11-10-17(24)12-18(19)21(26)14-4-2-1-3-5-14/h1-12,21H,13H2,(H,25,27)/t21-/m0/s1. The Morgan fingerprint density at radius 1 is 1.04 bits per heavy atom. The number of halogens is 2. The number of carbonyl (C=O) groups excluding carboxylic acids is 2. The van der Waals surface area contributed by atoms with Gasteiger partial charge in [0.15, 0.2) is 0 Å². The number of carbonyl (C=O) groups is 2. The van der Waals surface area contributed by atoms with E-state index < -0.39 is 11.9 Å². The van der Waals surface area contributed by atoms with Crippen LogP contribution in [0.2, 0.25) is 0 Å². The quantitative estimate of drug-likeness (QED) is 0.626. The Morgan fingerprint density at radius 3 is 2.46 bits per heavy atom. The molecule has 2 amide bonds. The molecule has 0 spiro atoms. The van der Waals surface area contributed by atoms with Gasteiger partial charge in [-0.1, -0.05) is 46.3 Å². The van der Waals surface area contributed by atoms with E-state index in [1.165, 1.54) is 23.1 Å². The minimum atomic E-state index is -0.595. The number of nitrogens with one attached hydrogen (secondary N) is 1. The fourth-order valence-corrected chi connectivity index (χ4v) is 3.68. The fraction of sp³-hybridized carbons (Fsp3) is 0.0909. The summed E-state index contributed by atoms with van der Waals surface area (Å²) in [6, 6.07) is 19.9. The zero-order valence-corrected chi connectivity index (χ0v) is 16.3. The molecular weight excluding hydrogens is 423 g/mol. The van der Waals surface area contributed by atoms with Gasteiger partial charge in [0, 0.05) is 21.3 Å². The van der Waals surface area contributed by atoms with E-state index in [-0.39, 0.29) is 18.4 Å². The van der Waals surface area contributed by atoms with Gasteiger partial charge in [-0.15, -0.1) is 0 Å². The lowest BCUT2D eigenvalue weighted by Gasteiger charge is -2.30. The average Bonchev–Trinajstić information content (AvgIpc) is 2.84. The summed E-state index contributed by atoms with van der Waals surface area (Å²) in [6.45, 7) is -0.134. The number of benzene rings is 3. The third-order valence-electron chi connectivity index (χ3n) is 4.68. The molecule has 4 nitrogen and oxygen atoms in total. The van der Waals surface area contributed by atoms with Crippen molar-refractivity contribution in [2.24, 2.45) is 0 Å². The van der Waals surface area contributed by atoms with E-state index in [0.717, 1.165) is 10.0 Å². The van der Waals surface area contributed by atoms with Crippen molar-refractivity contribution in [3.8, 4) is 0 Å². The molecule has 0 saturated heterocycles. The zero-order chi connectivity index (χ0) is 19.7. The van der Waals surface area contributed by atoms with Gasteiger partial charge in [-0.3, -0.25) is 9.59 Å². The van der Waals surface area contributed by atoms with Gasteiger partial charge in [0.05, 0.1) is 6.04 Å². The Labute approximate surface area is 170 Å². The molecule has 0 aromatic heterocycles. The summed E-state index contributed by atoms with van der Waals surface area (Å²) >= 11 is 3.36. The summed E-state index contributed by atoms with van der Waals surface area (Å²) in [5.41, 5.74) is 2.31. The van der Waals surface area contributed by atoms with Gasteiger partial charge in [-0.2, -0.15) is 0 Å². The lowest BCUT2D eigenvalue weighted by molar-refractivity contribution is -0.117. The van der Waals surface area contributed by atoms with Crippen LogP contribution in [0.1, 0.15) is 27.5 Å². The van der Waals surface area contributed by atoms with E-state index in [0.29, 0.717) is 16.8 Å². The number of fused-ring (bicyclic) bond motifs is 1. The highest BCUT2D eigenvalue weighted by Crippen LogP contribution is 2.37. The largest absolute Gasteiger partial charge is 0.324 e. The molecular formula is C22H16BrFN2O2. The van der Waals surface area contributed by atoms with Gasteiger partial charge in [0.2, 0.25) is 5.91 Å². The van der Waals surface area contributed by atoms with Crippen LogP contribution in [-0.2, 0) is 4.79 Å². The molecule has 1 aliphatic rings. The normalized spacial score (nSPS) is 16.1. The van der Waals surface area contributed by atoms with E-state index in [4.69, 9.17) is 0 Å². The lowest BCUT2D eigenvalue weighted by Crippen LogP contribution is -2.39. The van der Waals surface area contributed by atoms with Crippen LogP contribution in [0.5, 0.6) is 0 Å². The second-order valence-electron chi connectivity index (χ2n) is 6.53. The van der Waals surface area contributed by atoms with E-state index in [9.17, 15) is 14.0 Å². The molecule has 1 aliphatic heterocycles. The first-order valence-electron chi connectivity index (χ1n) is 8.74. The first-order chi connectivity index (χ1) is 13.5. The monoisotopic (exact) mass is 438 g/mol. The third kappa shape index (κ3) is 3.55. The molecule has 0 radical (unpaired) electrons. The van der Waals surface area contributed by atoms with Crippen LogP contribution < -0.4 is 5.32 Å². The predicted molar refractivity (Wildman–Crippen MR) is 108 cm³/mol. The minimum absolute atomic E-state index is 0.134. The van der Waals surface area contributed by atoms with Gasteiger partial charge in [0.1, 0.15) is 12.4 Å². The fourth-order valence-electron chi connectivity index (χ4n) is 3.42. The van der Waals surface area contributed by atoms with Crippen molar-refractivity contribution in [3.63, 3.8) is 0 Å². The lowest BCUT2D eigenvalue weighted by atomic mass is 9.95. The van der Waals surface area contributed by atoms with Crippen LogP contribution in [0, 0.1) is 5.82 Å². The summed E-state index contributed by atoms with van der Waals surface area (Å²) < 4.78 is 14.9. The van der Waals surface area contributed by atoms with Crippen molar-refractivity contribution in [3.05, 3.63) is 99.8 Å². The van der Waals surface area contributed by atoms with Gasteiger partial charge >= 0.3 is 0 Å². The van der Waals surface area contributed by atoms with E-state index >= 15 is 0 Å². The number of hydrogen-bond acceptors (Lipinski definition) is 2. The van der Waals surface area contributed by atoms with Gasteiger partial charge < -0.3 is 10.2 Å². The molecule has 28 heavy (non-hydrogen) atoms. The van der Waals surface area contributed by atoms with Crippen molar-refractivity contribution in [2.45, 2.75) is 6.04 Å². The molecule has 6 heteroatoms. The molecule has 0 saturated carbocycles. The maximum absolute atomic E-state index is 14.1. The first kappa shape index (κ1) is 18.4. The molecule has 0 unspecified atom stereocenters. The molecule has 1 heterocycles. The summed E-state index contributed by atoms with van der Waals surface area (Å²) in [4.78, 5) is 27.3. The molecule has 4 rings (SSSR count). The Hall–Kier alpha value is -2.99. The highest BCUT2D eigenvalue weighted by atomic mass is 79.9. The number of hydrogen-bond donors (Lipinski definition) is 1. The topological polar surface area (TPSA) is 49.4 Å². The second kappa shape index (κ2) is 7.56. The van der Waals surface area contributed by atoms with Gasteiger partial charge in [-0.25, -0.2) is 4.39 Å². The average molecular weight is 439 g/mol. The van der Waals surface area contributed by atoms with Gasteiger partial charge in [-0.05, 0) is 48.0 Å². The van der Waals surface area contributed by atoms with Crippen molar-refractivity contribution in [2.75, 3.05) is 11.9 Å². The Balaban J connectivity index is 1.88. The van der Waals surface area contributed by atoms with E-state index in [1.54, 1.807) is 24.3 Å². The summed E-state index contributed by atoms with van der Waals surface area (Å²) in [7, 11) is 0. The van der Waals surface area contributed by atoms with Crippen LogP contribution in [-0.4, -0.2) is 23.3 Å². The Morgan fingerprint density at radius 2 is 1.75 bits per heavy atom. The van der Waals surface area contributed by atoms with Crippen LogP contribution >= 0.6 is 15.9 Å². The Kier molecular flexibility index (Phi) is 4.96. The van der Waals surface area contributed by atoms with Crippen molar-refractivity contribution in [1.29, 1.82) is 0 Å². The van der Waals surface area contributed by atoms with E-state index in [2.05, 4.69) is 21.2 Å². The molecule has 3 aromatic rings. The maximum atomic E-state index is 14.1. The first-order valence-corrected chi connectivity index (χ1v) is 9.53. The number of amides is 2. The summed E-state index contributed by atoms with van der Waals surface area (Å²) in [6.07, 6.45) is 0. The van der Waals surface area contributed by atoms with Crippen molar-refractivity contribution < 1.29 is 14.0 Å². The molecule has 140 valence electrons. The molecule has 0 fully saturated rings. The zero-order valence-electron chi connectivity index (χ0n) is 14.7. The number of anilines is 1. The highest BCUT2D eigenvalue weighted by Gasteiger charge is 2.34. The number of nitrogens with zero attached hydrogens (tertiary/aromatic N) is 1. The summed E-state index contributed by atoms with van der Waals surface area (Å²) in [5.74, 6) is -1.04. The van der Waals surface area contributed by atoms with Crippen LogP contribution in [0.3, 0.4) is 0 Å². The maximum Gasteiger partial charge on any atom is 0.255 e. The molecule has 0 aliphatic carbocycles. The second-order valence-corrected chi connectivity index (χ2v) is 7.45. The molecule has 3 aromatic carbocycles. The Bertz CT molecular complexity index is 1040. The van der Waals surface area contributed by atoms with Crippen molar-refractivity contribution >= 4 is 33.4 Å². The van der Waals surface area contributed by atoms with Crippen LogP contribution in [0.25, 0.3) is 0 Å². The molecule has 1 N–H and O–H groups in total. The minimum Gasteiger partial charge on any atom is -0.324 e. The third-order valence-corrected chi connectivity index (χ3v) is 5.20. The molecule has 1 atom stereocenters. The molecule has 0 bridgehead atoms. The van der Waals surface area contributed by atoms with Crippen molar-refractivity contribution in [1.82, 2.24) is 4.90 Å².